The highest BCUT2D eigenvalue weighted by atomic mass is 35.5. The van der Waals surface area contributed by atoms with Gasteiger partial charge in [0, 0.05) is 44.2 Å². The molecular formula is C16H24ClN3O3. The summed E-state index contributed by atoms with van der Waals surface area (Å²) in [5, 5.41) is 14.1. The summed E-state index contributed by atoms with van der Waals surface area (Å²) < 4.78 is 4.91. The number of nitrogens with zero attached hydrogens (tertiary/aromatic N) is 3. The van der Waals surface area contributed by atoms with E-state index in [0.29, 0.717) is 12.8 Å². The van der Waals surface area contributed by atoms with Gasteiger partial charge in [0.1, 0.15) is 0 Å². The Balaban J connectivity index is 1.47. The molecule has 3 rings (SSSR count). The van der Waals surface area contributed by atoms with Gasteiger partial charge >= 0.3 is 0 Å². The predicted molar refractivity (Wildman–Crippen MR) is 86.4 cm³/mol. The van der Waals surface area contributed by atoms with E-state index in [9.17, 15) is 9.90 Å². The van der Waals surface area contributed by atoms with Crippen molar-refractivity contribution in [1.82, 2.24) is 15.0 Å². The largest absolute Gasteiger partial charge is 0.391 e. The lowest BCUT2D eigenvalue weighted by molar-refractivity contribution is -0.133. The van der Waals surface area contributed by atoms with E-state index in [-0.39, 0.29) is 23.3 Å². The number of carbonyl (C=O) groups excluding carboxylic acids is 1. The fourth-order valence-electron chi connectivity index (χ4n) is 3.68. The van der Waals surface area contributed by atoms with E-state index in [2.05, 4.69) is 10.1 Å². The lowest BCUT2D eigenvalue weighted by Gasteiger charge is -2.39. The van der Waals surface area contributed by atoms with E-state index in [1.54, 1.807) is 0 Å². The monoisotopic (exact) mass is 341 g/mol. The number of carbonyl (C=O) groups is 1. The second-order valence-electron chi connectivity index (χ2n) is 6.50. The highest BCUT2D eigenvalue weighted by Gasteiger charge is 2.33. The minimum absolute atomic E-state index is 0.147. The lowest BCUT2D eigenvalue weighted by atomic mass is 10.1. The van der Waals surface area contributed by atoms with Crippen LogP contribution in [0.5, 0.6) is 0 Å². The van der Waals surface area contributed by atoms with Crippen molar-refractivity contribution in [3.8, 4) is 0 Å². The molecule has 1 aliphatic carbocycles. The molecule has 23 heavy (non-hydrogen) atoms. The van der Waals surface area contributed by atoms with E-state index in [1.165, 1.54) is 0 Å². The fourth-order valence-corrected chi connectivity index (χ4v) is 3.95. The van der Waals surface area contributed by atoms with Crippen LogP contribution in [-0.2, 0) is 11.2 Å². The molecule has 1 aromatic heterocycles. The molecule has 2 fully saturated rings. The third kappa shape index (κ3) is 3.70. The number of piperazine rings is 1. The van der Waals surface area contributed by atoms with E-state index in [0.717, 1.165) is 56.7 Å². The molecule has 7 heteroatoms. The van der Waals surface area contributed by atoms with Crippen molar-refractivity contribution in [3.63, 3.8) is 0 Å². The number of aromatic nitrogens is 1. The van der Waals surface area contributed by atoms with E-state index < -0.39 is 0 Å². The SMILES string of the molecule is Cc1noc(Cl)c1CCC(=O)N1CCN([C@H]2CCC[C@@H]2O)CC1. The molecule has 6 nitrogen and oxygen atoms in total. The summed E-state index contributed by atoms with van der Waals surface area (Å²) in [6, 6.07) is 0.283. The zero-order valence-corrected chi connectivity index (χ0v) is 14.3. The first-order valence-corrected chi connectivity index (χ1v) is 8.74. The van der Waals surface area contributed by atoms with Crippen LogP contribution in [0.1, 0.15) is 36.9 Å². The van der Waals surface area contributed by atoms with Gasteiger partial charge in [-0.15, -0.1) is 0 Å². The number of aliphatic hydroxyl groups excluding tert-OH is 1. The zero-order valence-electron chi connectivity index (χ0n) is 13.5. The van der Waals surface area contributed by atoms with Crippen LogP contribution in [0.15, 0.2) is 4.52 Å². The van der Waals surface area contributed by atoms with Crippen LogP contribution in [0.4, 0.5) is 0 Å². The molecule has 0 unspecified atom stereocenters. The van der Waals surface area contributed by atoms with Crippen LogP contribution in [0.3, 0.4) is 0 Å². The third-order valence-electron chi connectivity index (χ3n) is 5.11. The molecular weight excluding hydrogens is 318 g/mol. The summed E-state index contributed by atoms with van der Waals surface area (Å²) in [7, 11) is 0. The van der Waals surface area contributed by atoms with Crippen LogP contribution < -0.4 is 0 Å². The Labute approximate surface area is 141 Å². The maximum atomic E-state index is 12.4. The van der Waals surface area contributed by atoms with Crippen LogP contribution in [-0.4, -0.2) is 64.3 Å². The molecule has 1 amide bonds. The van der Waals surface area contributed by atoms with Crippen molar-refractivity contribution in [2.24, 2.45) is 0 Å². The van der Waals surface area contributed by atoms with Gasteiger partial charge in [-0.05, 0) is 44.2 Å². The Bertz CT molecular complexity index is 535. The van der Waals surface area contributed by atoms with Crippen LogP contribution in [0.25, 0.3) is 0 Å². The first kappa shape index (κ1) is 16.7. The summed E-state index contributed by atoms with van der Waals surface area (Å²) in [5.74, 6) is 0.147. The van der Waals surface area contributed by atoms with Crippen molar-refractivity contribution in [2.75, 3.05) is 26.2 Å². The van der Waals surface area contributed by atoms with E-state index in [4.69, 9.17) is 16.1 Å². The Morgan fingerprint density at radius 2 is 2.09 bits per heavy atom. The molecule has 0 radical (unpaired) electrons. The summed E-state index contributed by atoms with van der Waals surface area (Å²) in [5.41, 5.74) is 1.58. The normalized spacial score (nSPS) is 26.0. The first-order valence-electron chi connectivity index (χ1n) is 8.37. The maximum absolute atomic E-state index is 12.4. The van der Waals surface area contributed by atoms with Gasteiger partial charge in [-0.25, -0.2) is 0 Å². The first-order chi connectivity index (χ1) is 11.1. The van der Waals surface area contributed by atoms with Gasteiger partial charge in [0.2, 0.25) is 11.1 Å². The molecule has 2 aliphatic rings. The molecule has 1 aliphatic heterocycles. The summed E-state index contributed by atoms with van der Waals surface area (Å²) >= 11 is 5.94. The minimum atomic E-state index is -0.198. The van der Waals surface area contributed by atoms with Crippen LogP contribution in [0.2, 0.25) is 5.22 Å². The molecule has 2 atom stereocenters. The van der Waals surface area contributed by atoms with Gasteiger partial charge in [0.15, 0.2) is 0 Å². The van der Waals surface area contributed by atoms with Gasteiger partial charge in [0.05, 0.1) is 11.8 Å². The molecule has 1 saturated carbocycles. The van der Waals surface area contributed by atoms with Gasteiger partial charge in [-0.3, -0.25) is 9.69 Å². The molecule has 0 aromatic carbocycles. The molecule has 1 N–H and O–H groups in total. The average Bonchev–Trinajstić information content (AvgIpc) is 3.11. The average molecular weight is 342 g/mol. The zero-order chi connectivity index (χ0) is 16.4. The van der Waals surface area contributed by atoms with Crippen molar-refractivity contribution >= 4 is 17.5 Å². The van der Waals surface area contributed by atoms with E-state index >= 15 is 0 Å². The maximum Gasteiger partial charge on any atom is 0.229 e. The van der Waals surface area contributed by atoms with Gasteiger partial charge < -0.3 is 14.5 Å². The Morgan fingerprint density at radius 3 is 2.65 bits per heavy atom. The number of hydrogen-bond acceptors (Lipinski definition) is 5. The number of aliphatic hydroxyl groups is 1. The topological polar surface area (TPSA) is 69.8 Å². The van der Waals surface area contributed by atoms with E-state index in [1.807, 2.05) is 11.8 Å². The molecule has 0 bridgehead atoms. The molecule has 1 aromatic rings. The van der Waals surface area contributed by atoms with Crippen LogP contribution >= 0.6 is 11.6 Å². The van der Waals surface area contributed by atoms with Gasteiger partial charge in [-0.2, -0.15) is 0 Å². The Kier molecular flexibility index (Phi) is 5.24. The second kappa shape index (κ2) is 7.20. The third-order valence-corrected chi connectivity index (χ3v) is 5.40. The van der Waals surface area contributed by atoms with Crippen molar-refractivity contribution in [1.29, 1.82) is 0 Å². The number of rotatable bonds is 4. The summed E-state index contributed by atoms with van der Waals surface area (Å²) in [6.45, 7) is 5.00. The van der Waals surface area contributed by atoms with Gasteiger partial charge in [0.25, 0.3) is 0 Å². The smallest absolute Gasteiger partial charge is 0.229 e. The van der Waals surface area contributed by atoms with Gasteiger partial charge in [-0.1, -0.05) is 5.16 Å². The number of aryl methyl sites for hydroxylation is 1. The van der Waals surface area contributed by atoms with Crippen molar-refractivity contribution in [3.05, 3.63) is 16.5 Å². The van der Waals surface area contributed by atoms with Crippen molar-refractivity contribution < 1.29 is 14.4 Å². The van der Waals surface area contributed by atoms with Crippen molar-refractivity contribution in [2.45, 2.75) is 51.2 Å². The second-order valence-corrected chi connectivity index (χ2v) is 6.85. The van der Waals surface area contributed by atoms with Crippen LogP contribution in [0, 0.1) is 6.92 Å². The number of halogens is 1. The fraction of sp³-hybridized carbons (Fsp3) is 0.750. The molecule has 1 saturated heterocycles. The quantitative estimate of drug-likeness (QED) is 0.901. The number of hydrogen-bond donors (Lipinski definition) is 1. The molecule has 0 spiro atoms. The Hall–Kier alpha value is -1.11. The highest BCUT2D eigenvalue weighted by Crippen LogP contribution is 2.25. The predicted octanol–water partition coefficient (Wildman–Crippen LogP) is 1.63. The molecule has 128 valence electrons. The Morgan fingerprint density at radius 1 is 1.35 bits per heavy atom. The number of amides is 1. The molecule has 2 heterocycles. The lowest BCUT2D eigenvalue weighted by Crippen LogP contribution is -2.53. The summed E-state index contributed by atoms with van der Waals surface area (Å²) in [6.07, 6.45) is 3.87. The summed E-state index contributed by atoms with van der Waals surface area (Å²) in [4.78, 5) is 16.6. The standard InChI is InChI=1S/C16H24ClN3O3/c1-11-12(16(17)23-18-11)5-6-15(22)20-9-7-19(8-10-20)13-3-2-4-14(13)21/h13-14,21H,2-10H2,1H3/t13-,14-/m0/s1. The highest BCUT2D eigenvalue weighted by molar-refractivity contribution is 6.29. The minimum Gasteiger partial charge on any atom is -0.391 e.